The molecule has 0 saturated carbocycles. The first-order valence-corrected chi connectivity index (χ1v) is 7.21. The summed E-state index contributed by atoms with van der Waals surface area (Å²) in [5, 5.41) is 11.6. The molecule has 1 saturated heterocycles. The van der Waals surface area contributed by atoms with Crippen molar-refractivity contribution in [2.24, 2.45) is 0 Å². The van der Waals surface area contributed by atoms with Crippen molar-refractivity contribution in [3.8, 4) is 0 Å². The average Bonchev–Trinajstić information content (AvgIpc) is 2.94. The van der Waals surface area contributed by atoms with E-state index in [0.29, 0.717) is 18.2 Å². The normalized spacial score (nSPS) is 21.2. The number of anilines is 1. The van der Waals surface area contributed by atoms with Crippen LogP contribution in [0.1, 0.15) is 31.7 Å². The zero-order valence-corrected chi connectivity index (χ0v) is 12.1. The minimum absolute atomic E-state index is 0.0752. The number of carboxylic acid groups (broad SMARTS) is 1. The Kier molecular flexibility index (Phi) is 5.30. The van der Waals surface area contributed by atoms with Crippen molar-refractivity contribution in [1.29, 1.82) is 0 Å². The van der Waals surface area contributed by atoms with Crippen molar-refractivity contribution >= 4 is 17.6 Å². The fraction of sp³-hybridized carbons (Fsp3) is 0.467. The summed E-state index contributed by atoms with van der Waals surface area (Å²) in [5.74, 6) is -0.898. The number of benzene rings is 1. The number of aliphatic carboxylic acids is 1. The third kappa shape index (κ3) is 4.54. The molecule has 1 fully saturated rings. The second-order valence-corrected chi connectivity index (χ2v) is 5.27. The Morgan fingerprint density at radius 2 is 2.19 bits per heavy atom. The zero-order chi connectivity index (χ0) is 15.2. The molecule has 2 unspecified atom stereocenters. The molecule has 1 aromatic carbocycles. The van der Waals surface area contributed by atoms with Crippen LogP contribution in [0.2, 0.25) is 0 Å². The second kappa shape index (κ2) is 7.19. The van der Waals surface area contributed by atoms with E-state index in [1.54, 1.807) is 0 Å². The van der Waals surface area contributed by atoms with Crippen molar-refractivity contribution in [3.05, 3.63) is 29.8 Å². The molecule has 21 heavy (non-hydrogen) atoms. The minimum atomic E-state index is -0.823. The number of hydrogen-bond donors (Lipinski definition) is 4. The third-order valence-corrected chi connectivity index (χ3v) is 3.61. The highest BCUT2D eigenvalue weighted by Gasteiger charge is 2.27. The third-order valence-electron chi connectivity index (χ3n) is 3.61. The van der Waals surface area contributed by atoms with Crippen molar-refractivity contribution in [1.82, 2.24) is 10.9 Å². The van der Waals surface area contributed by atoms with Crippen molar-refractivity contribution < 1.29 is 14.7 Å². The maximum absolute atomic E-state index is 12.1. The van der Waals surface area contributed by atoms with Gasteiger partial charge in [-0.1, -0.05) is 19.1 Å². The lowest BCUT2D eigenvalue weighted by Gasteiger charge is -2.11. The van der Waals surface area contributed by atoms with Crippen LogP contribution in [0.25, 0.3) is 0 Å². The molecule has 0 aromatic heterocycles. The molecular weight excluding hydrogens is 270 g/mol. The summed E-state index contributed by atoms with van der Waals surface area (Å²) in [4.78, 5) is 22.7. The van der Waals surface area contributed by atoms with Crippen LogP contribution in [0.5, 0.6) is 0 Å². The molecule has 0 spiro atoms. The van der Waals surface area contributed by atoms with Gasteiger partial charge in [0.25, 0.3) is 0 Å². The Labute approximate surface area is 123 Å². The lowest BCUT2D eigenvalue weighted by molar-refractivity contribution is -0.137. The van der Waals surface area contributed by atoms with Gasteiger partial charge in [0.1, 0.15) is 6.04 Å². The summed E-state index contributed by atoms with van der Waals surface area (Å²) >= 11 is 0. The highest BCUT2D eigenvalue weighted by molar-refractivity contribution is 5.95. The van der Waals surface area contributed by atoms with Crippen LogP contribution in [0.15, 0.2) is 24.3 Å². The average molecular weight is 291 g/mol. The van der Waals surface area contributed by atoms with Crippen LogP contribution in [-0.4, -0.2) is 29.1 Å². The topological polar surface area (TPSA) is 90.5 Å². The van der Waals surface area contributed by atoms with E-state index in [1.807, 2.05) is 24.3 Å². The standard InChI is InChI=1S/C15H21N3O3/c1-2-11-9-13(18-17-11)15(21)16-12-5-3-4-10(8-12)6-7-14(19)20/h3-5,8,11,13,17-18H,2,6-7,9H2,1H3,(H,16,21)(H,19,20). The molecule has 2 rings (SSSR count). The number of carboxylic acids is 1. The van der Waals surface area contributed by atoms with E-state index in [9.17, 15) is 9.59 Å². The van der Waals surface area contributed by atoms with Gasteiger partial charge in [0.15, 0.2) is 0 Å². The van der Waals surface area contributed by atoms with Crippen LogP contribution >= 0.6 is 0 Å². The molecule has 0 radical (unpaired) electrons. The van der Waals surface area contributed by atoms with E-state index in [2.05, 4.69) is 23.1 Å². The highest BCUT2D eigenvalue weighted by Crippen LogP contribution is 2.15. The molecule has 6 nitrogen and oxygen atoms in total. The number of hydrazine groups is 1. The minimum Gasteiger partial charge on any atom is -0.481 e. The smallest absolute Gasteiger partial charge is 0.303 e. The van der Waals surface area contributed by atoms with Gasteiger partial charge in [-0.05, 0) is 37.0 Å². The molecule has 6 heteroatoms. The number of nitrogens with one attached hydrogen (secondary N) is 3. The van der Waals surface area contributed by atoms with Crippen molar-refractivity contribution in [2.45, 2.75) is 44.7 Å². The Morgan fingerprint density at radius 1 is 1.38 bits per heavy atom. The number of carbonyl (C=O) groups is 2. The van der Waals surface area contributed by atoms with Crippen molar-refractivity contribution in [2.75, 3.05) is 5.32 Å². The van der Waals surface area contributed by atoms with Crippen LogP contribution in [0.3, 0.4) is 0 Å². The van der Waals surface area contributed by atoms with Gasteiger partial charge < -0.3 is 10.4 Å². The molecule has 2 atom stereocenters. The van der Waals surface area contributed by atoms with E-state index in [0.717, 1.165) is 18.4 Å². The molecule has 0 aliphatic carbocycles. The first-order valence-electron chi connectivity index (χ1n) is 7.21. The van der Waals surface area contributed by atoms with E-state index < -0.39 is 5.97 Å². The van der Waals surface area contributed by atoms with E-state index in [-0.39, 0.29) is 18.4 Å². The first kappa shape index (κ1) is 15.5. The molecular formula is C15H21N3O3. The molecule has 0 bridgehead atoms. The number of amides is 1. The van der Waals surface area contributed by atoms with Gasteiger partial charge in [-0.3, -0.25) is 15.0 Å². The largest absolute Gasteiger partial charge is 0.481 e. The molecule has 4 N–H and O–H groups in total. The maximum Gasteiger partial charge on any atom is 0.303 e. The van der Waals surface area contributed by atoms with Gasteiger partial charge >= 0.3 is 5.97 Å². The summed E-state index contributed by atoms with van der Waals surface area (Å²) in [6.45, 7) is 2.07. The summed E-state index contributed by atoms with van der Waals surface area (Å²) in [6.07, 6.45) is 2.28. The first-order chi connectivity index (χ1) is 10.1. The molecule has 114 valence electrons. The molecule has 1 aliphatic heterocycles. The number of carbonyl (C=O) groups excluding carboxylic acids is 1. The van der Waals surface area contributed by atoms with Gasteiger partial charge in [0, 0.05) is 18.2 Å². The predicted octanol–water partition coefficient (Wildman–Crippen LogP) is 1.29. The molecule has 1 aromatic rings. The second-order valence-electron chi connectivity index (χ2n) is 5.27. The predicted molar refractivity (Wildman–Crippen MR) is 79.8 cm³/mol. The summed E-state index contributed by atoms with van der Waals surface area (Å²) in [6, 6.07) is 7.39. The van der Waals surface area contributed by atoms with Crippen LogP contribution < -0.4 is 16.2 Å². The van der Waals surface area contributed by atoms with E-state index in [1.165, 1.54) is 0 Å². The molecule has 1 aliphatic rings. The van der Waals surface area contributed by atoms with Gasteiger partial charge in [-0.15, -0.1) is 0 Å². The van der Waals surface area contributed by atoms with Gasteiger partial charge in [-0.25, -0.2) is 5.43 Å². The van der Waals surface area contributed by atoms with Crippen molar-refractivity contribution in [3.63, 3.8) is 0 Å². The summed E-state index contributed by atoms with van der Waals surface area (Å²) in [7, 11) is 0. The monoisotopic (exact) mass is 291 g/mol. The fourth-order valence-electron chi connectivity index (χ4n) is 2.35. The van der Waals surface area contributed by atoms with Crippen LogP contribution in [0.4, 0.5) is 5.69 Å². The van der Waals surface area contributed by atoms with Gasteiger partial charge in [-0.2, -0.15) is 0 Å². The number of hydrogen-bond acceptors (Lipinski definition) is 4. The molecule has 1 heterocycles. The lowest BCUT2D eigenvalue weighted by atomic mass is 10.1. The Morgan fingerprint density at radius 3 is 2.86 bits per heavy atom. The summed E-state index contributed by atoms with van der Waals surface area (Å²) < 4.78 is 0. The quantitative estimate of drug-likeness (QED) is 0.634. The highest BCUT2D eigenvalue weighted by atomic mass is 16.4. The Bertz CT molecular complexity index is 519. The van der Waals surface area contributed by atoms with Crippen LogP contribution in [0, 0.1) is 0 Å². The lowest BCUT2D eigenvalue weighted by Crippen LogP contribution is -2.40. The maximum atomic E-state index is 12.1. The fourth-order valence-corrected chi connectivity index (χ4v) is 2.35. The van der Waals surface area contributed by atoms with Gasteiger partial charge in [0.05, 0.1) is 0 Å². The summed E-state index contributed by atoms with van der Waals surface area (Å²) in [5.41, 5.74) is 7.68. The Balaban J connectivity index is 1.91. The molecule has 1 amide bonds. The van der Waals surface area contributed by atoms with Gasteiger partial charge in [0.2, 0.25) is 5.91 Å². The Hall–Kier alpha value is -1.92. The number of aryl methyl sites for hydroxylation is 1. The number of rotatable bonds is 6. The van der Waals surface area contributed by atoms with E-state index in [4.69, 9.17) is 5.11 Å². The van der Waals surface area contributed by atoms with E-state index >= 15 is 0 Å². The SMILES string of the molecule is CCC1CC(C(=O)Nc2cccc(CCC(=O)O)c2)NN1. The van der Waals surface area contributed by atoms with Crippen LogP contribution in [-0.2, 0) is 16.0 Å². The zero-order valence-electron chi connectivity index (χ0n) is 12.1.